The molecule has 3 N–H and O–H groups in total. The third-order valence-corrected chi connectivity index (χ3v) is 4.04. The Balaban J connectivity index is 2.48. The van der Waals surface area contributed by atoms with Crippen LogP contribution >= 0.6 is 0 Å². The van der Waals surface area contributed by atoms with E-state index in [1.165, 1.54) is 12.1 Å². The van der Waals surface area contributed by atoms with E-state index in [2.05, 4.69) is 4.72 Å². The first-order valence-corrected chi connectivity index (χ1v) is 7.59. The summed E-state index contributed by atoms with van der Waals surface area (Å²) in [5, 5.41) is 0. The number of para-hydroxylation sites is 1. The maximum Gasteiger partial charge on any atom is 0.242 e. The first kappa shape index (κ1) is 16.8. The molecule has 8 heteroatoms. The van der Waals surface area contributed by atoms with Crippen molar-refractivity contribution < 1.29 is 17.5 Å². The maximum absolute atomic E-state index is 13.2. The number of likely N-dealkylation sites (N-methyl/N-ethyl adjacent to an activating group) is 1. The number of nitrogens with zero attached hydrogens (tertiary/aromatic N) is 1. The summed E-state index contributed by atoms with van der Waals surface area (Å²) in [6, 6.07) is 3.67. The minimum absolute atomic E-state index is 0.103. The zero-order valence-corrected chi connectivity index (χ0v) is 12.4. The number of sulfonamides is 1. The van der Waals surface area contributed by atoms with Crippen LogP contribution in [0.4, 0.5) is 10.1 Å². The number of hydrogen-bond acceptors (Lipinski definition) is 5. The van der Waals surface area contributed by atoms with E-state index in [-0.39, 0.29) is 23.7 Å². The van der Waals surface area contributed by atoms with Crippen LogP contribution in [0.1, 0.15) is 0 Å². The van der Waals surface area contributed by atoms with Gasteiger partial charge in [-0.15, -0.1) is 0 Å². The second-order valence-corrected chi connectivity index (χ2v) is 6.20. The third kappa shape index (κ3) is 5.04. The van der Waals surface area contributed by atoms with Crippen LogP contribution in [0, 0.1) is 5.82 Å². The van der Waals surface area contributed by atoms with Crippen molar-refractivity contribution in [1.82, 2.24) is 9.62 Å². The molecule has 0 unspecified atom stereocenters. The van der Waals surface area contributed by atoms with E-state index in [1.807, 2.05) is 19.0 Å². The molecule has 0 radical (unpaired) electrons. The molecule has 0 bridgehead atoms. The molecule has 0 spiro atoms. The van der Waals surface area contributed by atoms with Gasteiger partial charge in [-0.25, -0.2) is 17.5 Å². The Kier molecular flexibility index (Phi) is 6.34. The van der Waals surface area contributed by atoms with Crippen molar-refractivity contribution in [2.24, 2.45) is 0 Å². The molecule has 0 aliphatic carbocycles. The summed E-state index contributed by atoms with van der Waals surface area (Å²) >= 11 is 0. The summed E-state index contributed by atoms with van der Waals surface area (Å²) < 4.78 is 44.7. The van der Waals surface area contributed by atoms with Crippen molar-refractivity contribution in [2.75, 3.05) is 46.1 Å². The van der Waals surface area contributed by atoms with E-state index in [9.17, 15) is 12.8 Å². The Bertz CT molecular complexity index is 535. The van der Waals surface area contributed by atoms with Crippen LogP contribution in [-0.2, 0) is 14.8 Å². The summed E-state index contributed by atoms with van der Waals surface area (Å²) in [6.45, 7) is 1.61. The highest BCUT2D eigenvalue weighted by molar-refractivity contribution is 7.89. The van der Waals surface area contributed by atoms with Gasteiger partial charge < -0.3 is 15.4 Å². The lowest BCUT2D eigenvalue weighted by Crippen LogP contribution is -2.29. The number of rotatable bonds is 8. The molecule has 6 nitrogen and oxygen atoms in total. The van der Waals surface area contributed by atoms with Crippen molar-refractivity contribution in [3.63, 3.8) is 0 Å². The summed E-state index contributed by atoms with van der Waals surface area (Å²) in [5.41, 5.74) is 5.04. The second-order valence-electron chi connectivity index (χ2n) is 4.47. The van der Waals surface area contributed by atoms with E-state index < -0.39 is 15.8 Å². The molecule has 0 aromatic heterocycles. The Morgan fingerprint density at radius 1 is 1.35 bits per heavy atom. The number of nitrogens with two attached hydrogens (primary N) is 1. The van der Waals surface area contributed by atoms with E-state index in [4.69, 9.17) is 10.5 Å². The number of hydrogen-bond donors (Lipinski definition) is 2. The highest BCUT2D eigenvalue weighted by atomic mass is 32.2. The lowest BCUT2D eigenvalue weighted by Gasteiger charge is -2.11. The maximum atomic E-state index is 13.2. The standard InChI is InChI=1S/C12H20FN3O3S/c1-16(2)7-9-19-8-6-15-20(17,18)11-5-3-4-10(13)12(11)14/h3-5,15H,6-9,14H2,1-2H3. The third-order valence-electron chi connectivity index (χ3n) is 2.52. The van der Waals surface area contributed by atoms with Crippen LogP contribution in [0.15, 0.2) is 23.1 Å². The number of nitrogen functional groups attached to an aromatic ring is 1. The van der Waals surface area contributed by atoms with Gasteiger partial charge in [0.2, 0.25) is 10.0 Å². The van der Waals surface area contributed by atoms with E-state index in [0.717, 1.165) is 12.6 Å². The highest BCUT2D eigenvalue weighted by Gasteiger charge is 2.18. The van der Waals surface area contributed by atoms with E-state index >= 15 is 0 Å². The SMILES string of the molecule is CN(C)CCOCCNS(=O)(=O)c1cccc(F)c1N. The van der Waals surface area contributed by atoms with Crippen molar-refractivity contribution >= 4 is 15.7 Å². The monoisotopic (exact) mass is 305 g/mol. The minimum Gasteiger partial charge on any atom is -0.395 e. The first-order chi connectivity index (χ1) is 9.34. The number of nitrogens with one attached hydrogen (secondary N) is 1. The molecular formula is C12H20FN3O3S. The van der Waals surface area contributed by atoms with Crippen LogP contribution in [0.25, 0.3) is 0 Å². The predicted octanol–water partition coefficient (Wildman–Crippen LogP) is 0.264. The number of benzene rings is 1. The largest absolute Gasteiger partial charge is 0.395 e. The molecule has 0 aliphatic rings. The number of anilines is 1. The fourth-order valence-electron chi connectivity index (χ4n) is 1.43. The van der Waals surface area contributed by atoms with Crippen LogP contribution in [-0.4, -0.2) is 53.7 Å². The molecule has 0 amide bonds. The van der Waals surface area contributed by atoms with Gasteiger partial charge in [-0.05, 0) is 26.2 Å². The Labute approximate surface area is 118 Å². The summed E-state index contributed by atoms with van der Waals surface area (Å²) in [4.78, 5) is 1.70. The zero-order chi connectivity index (χ0) is 15.2. The molecule has 1 aromatic rings. The summed E-state index contributed by atoms with van der Waals surface area (Å²) in [7, 11) is 0.00856. The normalized spacial score (nSPS) is 12.0. The molecule has 0 saturated carbocycles. The van der Waals surface area contributed by atoms with Gasteiger partial charge >= 0.3 is 0 Å². The predicted molar refractivity (Wildman–Crippen MR) is 75.4 cm³/mol. The molecule has 0 atom stereocenters. The van der Waals surface area contributed by atoms with Crippen LogP contribution < -0.4 is 10.5 Å². The van der Waals surface area contributed by atoms with Crippen molar-refractivity contribution in [3.05, 3.63) is 24.0 Å². The van der Waals surface area contributed by atoms with Gasteiger partial charge in [0.25, 0.3) is 0 Å². The van der Waals surface area contributed by atoms with Gasteiger partial charge in [0.05, 0.1) is 18.9 Å². The van der Waals surface area contributed by atoms with Crippen molar-refractivity contribution in [3.8, 4) is 0 Å². The van der Waals surface area contributed by atoms with Gasteiger partial charge in [-0.1, -0.05) is 6.07 Å². The molecule has 20 heavy (non-hydrogen) atoms. The van der Waals surface area contributed by atoms with E-state index in [0.29, 0.717) is 6.61 Å². The van der Waals surface area contributed by atoms with Crippen LogP contribution in [0.5, 0.6) is 0 Å². The summed E-state index contributed by atoms with van der Waals surface area (Å²) in [6.07, 6.45) is 0. The van der Waals surface area contributed by atoms with Crippen molar-refractivity contribution in [1.29, 1.82) is 0 Å². The van der Waals surface area contributed by atoms with Gasteiger partial charge in [0.1, 0.15) is 10.7 Å². The van der Waals surface area contributed by atoms with Gasteiger partial charge in [-0.2, -0.15) is 0 Å². The smallest absolute Gasteiger partial charge is 0.242 e. The second kappa shape index (κ2) is 7.53. The number of halogens is 1. The fraction of sp³-hybridized carbons (Fsp3) is 0.500. The molecular weight excluding hydrogens is 285 g/mol. The van der Waals surface area contributed by atoms with E-state index in [1.54, 1.807) is 0 Å². The van der Waals surface area contributed by atoms with Crippen LogP contribution in [0.3, 0.4) is 0 Å². The Morgan fingerprint density at radius 3 is 2.70 bits per heavy atom. The lowest BCUT2D eigenvalue weighted by atomic mass is 10.3. The van der Waals surface area contributed by atoms with Crippen LogP contribution in [0.2, 0.25) is 0 Å². The highest BCUT2D eigenvalue weighted by Crippen LogP contribution is 2.20. The Morgan fingerprint density at radius 2 is 2.05 bits per heavy atom. The average Bonchev–Trinajstić information content (AvgIpc) is 2.36. The molecule has 0 heterocycles. The molecule has 0 fully saturated rings. The van der Waals surface area contributed by atoms with Gasteiger partial charge in [0, 0.05) is 13.1 Å². The molecule has 1 rings (SSSR count). The number of ether oxygens (including phenoxy) is 1. The molecule has 0 aliphatic heterocycles. The molecule has 114 valence electrons. The topological polar surface area (TPSA) is 84.7 Å². The summed E-state index contributed by atoms with van der Waals surface area (Å²) in [5.74, 6) is -0.755. The zero-order valence-electron chi connectivity index (χ0n) is 11.6. The quantitative estimate of drug-likeness (QED) is 0.532. The average molecular weight is 305 g/mol. The Hall–Kier alpha value is -1.22. The van der Waals surface area contributed by atoms with Gasteiger partial charge in [-0.3, -0.25) is 0 Å². The first-order valence-electron chi connectivity index (χ1n) is 6.10. The molecule has 0 saturated heterocycles. The minimum atomic E-state index is -3.82. The molecule has 1 aromatic carbocycles. The lowest BCUT2D eigenvalue weighted by molar-refractivity contribution is 0.122. The van der Waals surface area contributed by atoms with Crippen molar-refractivity contribution in [2.45, 2.75) is 4.90 Å². The van der Waals surface area contributed by atoms with Gasteiger partial charge in [0.15, 0.2) is 0 Å². The fourth-order valence-corrected chi connectivity index (χ4v) is 2.58.